The summed E-state index contributed by atoms with van der Waals surface area (Å²) in [7, 11) is 1.65. The summed E-state index contributed by atoms with van der Waals surface area (Å²) in [5, 5.41) is 0.739. The van der Waals surface area contributed by atoms with Crippen molar-refractivity contribution in [2.45, 2.75) is 6.54 Å². The van der Waals surface area contributed by atoms with Gasteiger partial charge >= 0.3 is 0 Å². The van der Waals surface area contributed by atoms with Crippen LogP contribution in [-0.4, -0.2) is 12.1 Å². The van der Waals surface area contributed by atoms with Crippen LogP contribution in [0.4, 0.5) is 0 Å². The van der Waals surface area contributed by atoms with Gasteiger partial charge in [0.2, 0.25) is 5.89 Å². The molecule has 28 heavy (non-hydrogen) atoms. The first-order valence-electron chi connectivity index (χ1n) is 8.55. The van der Waals surface area contributed by atoms with Crippen molar-refractivity contribution < 1.29 is 30.7 Å². The van der Waals surface area contributed by atoms with Crippen LogP contribution in [0.25, 0.3) is 22.8 Å². The van der Waals surface area contributed by atoms with Gasteiger partial charge in [0.25, 0.3) is 0 Å². The molecule has 0 saturated carbocycles. The lowest BCUT2D eigenvalue weighted by Crippen LogP contribution is -3.00. The predicted molar refractivity (Wildman–Crippen MR) is 105 cm³/mol. The van der Waals surface area contributed by atoms with E-state index in [1.807, 2.05) is 73.1 Å². The summed E-state index contributed by atoms with van der Waals surface area (Å²) in [6.07, 6.45) is 5.79. The minimum atomic E-state index is 0. The number of ether oxygens (including phenoxy) is 1. The van der Waals surface area contributed by atoms with E-state index >= 15 is 0 Å². The van der Waals surface area contributed by atoms with Gasteiger partial charge in [0, 0.05) is 22.2 Å². The summed E-state index contributed by atoms with van der Waals surface area (Å²) < 4.78 is 13.3. The van der Waals surface area contributed by atoms with Crippen LogP contribution in [0.1, 0.15) is 5.56 Å². The van der Waals surface area contributed by atoms with Crippen LogP contribution in [0.3, 0.4) is 0 Å². The van der Waals surface area contributed by atoms with E-state index in [0.29, 0.717) is 5.89 Å². The minimum Gasteiger partial charge on any atom is -1.00 e. The number of rotatable bonds is 5. The fourth-order valence-corrected chi connectivity index (χ4v) is 2.97. The Kier molecular flexibility index (Phi) is 6.49. The average molecular weight is 458 g/mol. The molecule has 0 amide bonds. The monoisotopic (exact) mass is 456 g/mol. The number of halogens is 2. The van der Waals surface area contributed by atoms with Crippen molar-refractivity contribution in [3.63, 3.8) is 0 Å². The third-order valence-corrected chi connectivity index (χ3v) is 4.52. The molecule has 0 unspecified atom stereocenters. The van der Waals surface area contributed by atoms with Gasteiger partial charge in [0.15, 0.2) is 24.7 Å². The predicted octanol–water partition coefficient (Wildman–Crippen LogP) is 2.01. The summed E-state index contributed by atoms with van der Waals surface area (Å²) >= 11 is 5.96. The van der Waals surface area contributed by atoms with E-state index in [1.54, 1.807) is 13.3 Å². The first-order valence-corrected chi connectivity index (χ1v) is 8.93. The second-order valence-corrected chi connectivity index (χ2v) is 6.59. The molecule has 0 aliphatic rings. The Bertz CT molecular complexity index is 1050. The first-order chi connectivity index (χ1) is 13.2. The second-order valence-electron chi connectivity index (χ2n) is 6.15. The Morgan fingerprint density at radius 3 is 2.46 bits per heavy atom. The lowest BCUT2D eigenvalue weighted by Gasteiger charge is -2.01. The Labute approximate surface area is 179 Å². The molecule has 0 aliphatic carbocycles. The third-order valence-electron chi connectivity index (χ3n) is 4.26. The smallest absolute Gasteiger partial charge is 0.232 e. The standard InChI is InChI=1S/C22H18ClN2O2.BrH/c1-26-20-10-6-17(7-11-20)21-13-24-22(27-21)18-3-2-12-25(15-18)14-16-4-8-19(23)9-5-16;/h2-13,15H,14H2,1H3;1H/q+1;/p-1. The van der Waals surface area contributed by atoms with Crippen molar-refractivity contribution >= 4 is 11.6 Å². The Hall–Kier alpha value is -2.63. The normalized spacial score (nSPS) is 10.4. The first kappa shape index (κ1) is 20.1. The maximum Gasteiger partial charge on any atom is 0.232 e. The van der Waals surface area contributed by atoms with Crippen molar-refractivity contribution in [1.82, 2.24) is 4.98 Å². The Morgan fingerprint density at radius 2 is 1.75 bits per heavy atom. The van der Waals surface area contributed by atoms with Crippen LogP contribution in [0, 0.1) is 0 Å². The van der Waals surface area contributed by atoms with Gasteiger partial charge in [-0.15, -0.1) is 0 Å². The lowest BCUT2D eigenvalue weighted by molar-refractivity contribution is -0.687. The topological polar surface area (TPSA) is 39.1 Å². The van der Waals surface area contributed by atoms with Crippen molar-refractivity contribution in [2.24, 2.45) is 0 Å². The van der Waals surface area contributed by atoms with Crippen molar-refractivity contribution in [3.05, 3.63) is 89.8 Å². The van der Waals surface area contributed by atoms with Gasteiger partial charge in [-0.2, -0.15) is 4.57 Å². The largest absolute Gasteiger partial charge is 1.00 e. The molecule has 0 saturated heterocycles. The van der Waals surface area contributed by atoms with Crippen LogP contribution in [0.2, 0.25) is 5.02 Å². The number of hydrogen-bond acceptors (Lipinski definition) is 3. The van der Waals surface area contributed by atoms with E-state index in [-0.39, 0.29) is 17.0 Å². The molecule has 4 rings (SSSR count). The SMILES string of the molecule is COc1ccc(-c2cnc(-c3ccc[n+](Cc4ccc(Cl)cc4)c3)o2)cc1.[Br-]. The van der Waals surface area contributed by atoms with Crippen LogP contribution < -0.4 is 26.3 Å². The highest BCUT2D eigenvalue weighted by atomic mass is 79.9. The molecule has 0 spiro atoms. The molecule has 0 atom stereocenters. The Balaban J connectivity index is 0.00000225. The van der Waals surface area contributed by atoms with E-state index < -0.39 is 0 Å². The maximum absolute atomic E-state index is 5.97. The van der Waals surface area contributed by atoms with Gasteiger partial charge < -0.3 is 26.1 Å². The highest BCUT2D eigenvalue weighted by Gasteiger charge is 2.12. The number of nitrogens with zero attached hydrogens (tertiary/aromatic N) is 2. The highest BCUT2D eigenvalue weighted by molar-refractivity contribution is 6.30. The second kappa shape index (κ2) is 9.04. The number of oxazole rings is 1. The Morgan fingerprint density at radius 1 is 1.00 bits per heavy atom. The molecule has 6 heteroatoms. The molecule has 4 nitrogen and oxygen atoms in total. The molecule has 2 aromatic heterocycles. The zero-order chi connectivity index (χ0) is 18.6. The molecular weight excluding hydrogens is 440 g/mol. The molecule has 0 N–H and O–H groups in total. The fourth-order valence-electron chi connectivity index (χ4n) is 2.84. The van der Waals surface area contributed by atoms with Gasteiger partial charge in [-0.1, -0.05) is 23.7 Å². The van der Waals surface area contributed by atoms with Gasteiger partial charge in [0.1, 0.15) is 11.3 Å². The van der Waals surface area contributed by atoms with E-state index in [2.05, 4.69) is 9.55 Å². The number of methoxy groups -OCH3 is 1. The number of hydrogen-bond donors (Lipinski definition) is 0. The van der Waals surface area contributed by atoms with Crippen LogP contribution in [0.15, 0.2) is 83.7 Å². The summed E-state index contributed by atoms with van der Waals surface area (Å²) in [5.41, 5.74) is 3.05. The zero-order valence-electron chi connectivity index (χ0n) is 15.2. The number of benzene rings is 2. The van der Waals surface area contributed by atoms with E-state index in [0.717, 1.165) is 34.2 Å². The average Bonchev–Trinajstić information content (AvgIpc) is 3.20. The summed E-state index contributed by atoms with van der Waals surface area (Å²) in [4.78, 5) is 4.44. The molecular formula is C22H18BrClN2O2. The fraction of sp³-hybridized carbons (Fsp3) is 0.0909. The van der Waals surface area contributed by atoms with Crippen LogP contribution in [0.5, 0.6) is 5.75 Å². The van der Waals surface area contributed by atoms with Crippen LogP contribution >= 0.6 is 11.6 Å². The molecule has 2 aromatic carbocycles. The van der Waals surface area contributed by atoms with E-state index in [4.69, 9.17) is 20.8 Å². The summed E-state index contributed by atoms with van der Waals surface area (Å²) in [6.45, 7) is 0.747. The highest BCUT2D eigenvalue weighted by Crippen LogP contribution is 2.26. The zero-order valence-corrected chi connectivity index (χ0v) is 17.5. The van der Waals surface area contributed by atoms with Gasteiger partial charge in [-0.25, -0.2) is 4.98 Å². The maximum atomic E-state index is 5.97. The van der Waals surface area contributed by atoms with Gasteiger partial charge in [-0.05, 0) is 42.5 Å². The molecule has 4 aromatic rings. The van der Waals surface area contributed by atoms with E-state index in [9.17, 15) is 0 Å². The molecule has 0 aliphatic heterocycles. The third kappa shape index (κ3) is 4.61. The lowest BCUT2D eigenvalue weighted by atomic mass is 10.2. The number of aromatic nitrogens is 2. The minimum absolute atomic E-state index is 0. The summed E-state index contributed by atoms with van der Waals surface area (Å²) in [6, 6.07) is 19.5. The van der Waals surface area contributed by atoms with Crippen molar-refractivity contribution in [3.8, 4) is 28.5 Å². The van der Waals surface area contributed by atoms with Gasteiger partial charge in [-0.3, -0.25) is 0 Å². The summed E-state index contributed by atoms with van der Waals surface area (Å²) in [5.74, 6) is 2.12. The molecule has 0 radical (unpaired) electrons. The van der Waals surface area contributed by atoms with Crippen LogP contribution in [-0.2, 0) is 6.54 Å². The molecule has 142 valence electrons. The molecule has 0 fully saturated rings. The van der Waals surface area contributed by atoms with E-state index in [1.165, 1.54) is 5.56 Å². The quantitative estimate of drug-likeness (QED) is 0.431. The molecule has 2 heterocycles. The van der Waals surface area contributed by atoms with Crippen molar-refractivity contribution in [1.29, 1.82) is 0 Å². The molecule has 0 bridgehead atoms. The van der Waals surface area contributed by atoms with Gasteiger partial charge in [0.05, 0.1) is 13.3 Å². The van der Waals surface area contributed by atoms with Crippen molar-refractivity contribution in [2.75, 3.05) is 7.11 Å². The number of pyridine rings is 1.